The first-order valence-electron chi connectivity index (χ1n) is 15.6. The van der Waals surface area contributed by atoms with Crippen LogP contribution in [0, 0.1) is 5.82 Å². The minimum absolute atomic E-state index is 0.0178. The molecule has 2 bridgehead atoms. The van der Waals surface area contributed by atoms with Gasteiger partial charge in [0, 0.05) is 30.5 Å². The molecule has 4 aromatic rings. The van der Waals surface area contributed by atoms with Crippen molar-refractivity contribution in [2.45, 2.75) is 70.2 Å². The number of aromatic hydroxyl groups is 1. The monoisotopic (exact) mass is 647 g/mol. The molecule has 2 N–H and O–H groups in total. The van der Waals surface area contributed by atoms with Crippen LogP contribution in [0.4, 0.5) is 15.0 Å². The number of aromatic nitrogens is 2. The lowest BCUT2D eigenvalue weighted by Gasteiger charge is -2.42. The van der Waals surface area contributed by atoms with Crippen molar-refractivity contribution < 1.29 is 28.6 Å². The summed E-state index contributed by atoms with van der Waals surface area (Å²) in [4.78, 5) is 38.0. The molecule has 10 nitrogen and oxygen atoms in total. The zero-order valence-corrected chi connectivity index (χ0v) is 26.6. The van der Waals surface area contributed by atoms with Crippen molar-refractivity contribution in [2.24, 2.45) is 0 Å². The van der Waals surface area contributed by atoms with Gasteiger partial charge in [0.1, 0.15) is 29.3 Å². The molecule has 46 heavy (non-hydrogen) atoms. The van der Waals surface area contributed by atoms with Gasteiger partial charge in [-0.15, -0.1) is 0 Å². The van der Waals surface area contributed by atoms with Gasteiger partial charge in [0.25, 0.3) is 0 Å². The molecule has 3 fully saturated rings. The van der Waals surface area contributed by atoms with E-state index in [0.717, 1.165) is 23.6 Å². The van der Waals surface area contributed by atoms with E-state index in [4.69, 9.17) is 26.1 Å². The summed E-state index contributed by atoms with van der Waals surface area (Å²) >= 11 is 6.87. The number of anilines is 1. The fraction of sp³-hybridized carbons (Fsp3) is 0.412. The minimum atomic E-state index is -0.670. The SMILES string of the molecule is CC(C)(C)OC(=O)N1C2CCC1CN(c1nc(OCC3CCC(=O)N3)nc3c(F)c(-c4cc(O)cc5ccccc45)c(Cl)cc13)C2. The number of hydrogen-bond acceptors (Lipinski definition) is 8. The maximum Gasteiger partial charge on any atom is 0.410 e. The number of nitrogens with zero attached hydrogens (tertiary/aromatic N) is 4. The molecule has 12 heteroatoms. The third-order valence-electron chi connectivity index (χ3n) is 8.84. The Kier molecular flexibility index (Phi) is 7.54. The van der Waals surface area contributed by atoms with Gasteiger partial charge in [-0.25, -0.2) is 9.18 Å². The first-order chi connectivity index (χ1) is 21.9. The number of benzene rings is 3. The molecular formula is C34H35ClFN5O5. The predicted octanol–water partition coefficient (Wildman–Crippen LogP) is 6.19. The molecule has 3 aliphatic rings. The lowest BCUT2D eigenvalue weighted by Crippen LogP contribution is -2.57. The predicted molar refractivity (Wildman–Crippen MR) is 173 cm³/mol. The summed E-state index contributed by atoms with van der Waals surface area (Å²) in [6.07, 6.45) is 2.30. The number of carbonyl (C=O) groups excluding carboxylic acids is 2. The zero-order chi connectivity index (χ0) is 32.3. The quantitative estimate of drug-likeness (QED) is 0.263. The Balaban J connectivity index is 1.32. The second kappa shape index (κ2) is 11.5. The standard InChI is InChI=1S/C34H35ClFN5O5/c1-34(2,3)46-33(44)41-20-9-10-21(41)16-40(15-20)31-25-14-26(35)28(24-13-22(42)12-18-6-4-5-7-23(18)24)29(36)30(25)38-32(39-31)45-17-19-8-11-27(43)37-19/h4-7,12-14,19-21,42H,8-11,15-17H2,1-3H3,(H,37,43). The van der Waals surface area contributed by atoms with E-state index in [-0.39, 0.29) is 64.6 Å². The number of amides is 2. The van der Waals surface area contributed by atoms with Crippen molar-refractivity contribution in [3.8, 4) is 22.9 Å². The Morgan fingerprint density at radius 2 is 1.83 bits per heavy atom. The van der Waals surface area contributed by atoms with Crippen LogP contribution in [0.5, 0.6) is 11.8 Å². The van der Waals surface area contributed by atoms with Gasteiger partial charge in [0.15, 0.2) is 5.82 Å². The van der Waals surface area contributed by atoms with E-state index >= 15 is 4.39 Å². The number of ether oxygens (including phenoxy) is 2. The van der Waals surface area contributed by atoms with Crippen molar-refractivity contribution in [1.29, 1.82) is 0 Å². The highest BCUT2D eigenvalue weighted by Crippen LogP contribution is 2.43. The van der Waals surface area contributed by atoms with Crippen LogP contribution < -0.4 is 15.0 Å². The number of fused-ring (bicyclic) bond motifs is 4. The topological polar surface area (TPSA) is 117 Å². The number of halogens is 2. The molecule has 240 valence electrons. The Morgan fingerprint density at radius 1 is 1.09 bits per heavy atom. The van der Waals surface area contributed by atoms with E-state index in [9.17, 15) is 14.7 Å². The largest absolute Gasteiger partial charge is 0.508 e. The van der Waals surface area contributed by atoms with Crippen LogP contribution >= 0.6 is 11.6 Å². The van der Waals surface area contributed by atoms with E-state index in [1.165, 1.54) is 6.07 Å². The zero-order valence-electron chi connectivity index (χ0n) is 25.8. The number of piperazine rings is 1. The fourth-order valence-corrected chi connectivity index (χ4v) is 7.17. The summed E-state index contributed by atoms with van der Waals surface area (Å²) in [7, 11) is 0. The third kappa shape index (κ3) is 5.61. The van der Waals surface area contributed by atoms with E-state index in [1.54, 1.807) is 12.1 Å². The van der Waals surface area contributed by atoms with Crippen LogP contribution in [0.15, 0.2) is 42.5 Å². The first-order valence-corrected chi connectivity index (χ1v) is 15.9. The number of phenols is 1. The van der Waals surface area contributed by atoms with Crippen LogP contribution in [0.25, 0.3) is 32.8 Å². The summed E-state index contributed by atoms with van der Waals surface area (Å²) in [5, 5.41) is 15.4. The fourth-order valence-electron chi connectivity index (χ4n) is 6.88. The van der Waals surface area contributed by atoms with E-state index < -0.39 is 11.4 Å². The minimum Gasteiger partial charge on any atom is -0.508 e. The van der Waals surface area contributed by atoms with Crippen LogP contribution in [0.2, 0.25) is 5.02 Å². The molecule has 0 spiro atoms. The molecule has 7 rings (SSSR count). The molecule has 0 saturated carbocycles. The maximum absolute atomic E-state index is 16.8. The summed E-state index contributed by atoms with van der Waals surface area (Å²) in [6, 6.07) is 11.7. The van der Waals surface area contributed by atoms with Gasteiger partial charge in [0.05, 0.1) is 23.1 Å². The van der Waals surface area contributed by atoms with E-state index in [2.05, 4.69) is 10.3 Å². The van der Waals surface area contributed by atoms with Gasteiger partial charge in [-0.2, -0.15) is 9.97 Å². The maximum atomic E-state index is 16.8. The molecule has 3 saturated heterocycles. The van der Waals surface area contributed by atoms with Gasteiger partial charge in [0.2, 0.25) is 5.91 Å². The van der Waals surface area contributed by atoms with Gasteiger partial charge in [-0.1, -0.05) is 35.9 Å². The van der Waals surface area contributed by atoms with Gasteiger partial charge in [-0.3, -0.25) is 9.69 Å². The Bertz CT molecular complexity index is 1870. The van der Waals surface area contributed by atoms with Gasteiger partial charge >= 0.3 is 12.1 Å². The molecule has 0 aliphatic carbocycles. The summed E-state index contributed by atoms with van der Waals surface area (Å²) < 4.78 is 28.5. The Morgan fingerprint density at radius 3 is 2.52 bits per heavy atom. The molecule has 2 amide bonds. The Hall–Kier alpha value is -4.38. The average molecular weight is 648 g/mol. The van der Waals surface area contributed by atoms with Crippen molar-refractivity contribution in [3.63, 3.8) is 0 Å². The number of rotatable bonds is 5. The van der Waals surface area contributed by atoms with E-state index in [1.807, 2.05) is 54.8 Å². The normalized spacial score (nSPS) is 21.2. The number of hydrogen-bond donors (Lipinski definition) is 2. The summed E-state index contributed by atoms with van der Waals surface area (Å²) in [5.41, 5.74) is -0.0618. The highest BCUT2D eigenvalue weighted by molar-refractivity contribution is 6.35. The molecule has 4 heterocycles. The molecule has 3 aliphatic heterocycles. The van der Waals surface area contributed by atoms with Crippen LogP contribution in [-0.2, 0) is 9.53 Å². The van der Waals surface area contributed by atoms with Crippen LogP contribution in [0.1, 0.15) is 46.5 Å². The highest BCUT2D eigenvalue weighted by Gasteiger charge is 2.45. The lowest BCUT2D eigenvalue weighted by atomic mass is 9.96. The van der Waals surface area contributed by atoms with Crippen molar-refractivity contribution in [3.05, 3.63) is 53.3 Å². The molecular weight excluding hydrogens is 613 g/mol. The lowest BCUT2D eigenvalue weighted by molar-refractivity contribution is -0.119. The average Bonchev–Trinajstić information content (AvgIpc) is 3.53. The number of carbonyl (C=O) groups is 2. The molecule has 1 aromatic heterocycles. The van der Waals surface area contributed by atoms with Crippen LogP contribution in [0.3, 0.4) is 0 Å². The molecule has 3 aromatic carbocycles. The molecule has 0 radical (unpaired) electrons. The van der Waals surface area contributed by atoms with Gasteiger partial charge in [-0.05, 0) is 74.6 Å². The van der Waals surface area contributed by atoms with Crippen molar-refractivity contribution in [2.75, 3.05) is 24.6 Å². The van der Waals surface area contributed by atoms with Gasteiger partial charge < -0.3 is 24.8 Å². The third-order valence-corrected chi connectivity index (χ3v) is 9.14. The molecule has 3 unspecified atom stereocenters. The second-order valence-electron chi connectivity index (χ2n) is 13.3. The first kappa shape index (κ1) is 30.3. The van der Waals surface area contributed by atoms with Crippen molar-refractivity contribution in [1.82, 2.24) is 20.2 Å². The highest BCUT2D eigenvalue weighted by atomic mass is 35.5. The smallest absolute Gasteiger partial charge is 0.410 e. The summed E-state index contributed by atoms with van der Waals surface area (Å²) in [6.45, 7) is 6.59. The van der Waals surface area contributed by atoms with Crippen molar-refractivity contribution >= 4 is 51.1 Å². The van der Waals surface area contributed by atoms with Crippen LogP contribution in [-0.4, -0.2) is 75.4 Å². The van der Waals surface area contributed by atoms with E-state index in [0.29, 0.717) is 42.7 Å². The number of nitrogens with one attached hydrogen (secondary N) is 1. The molecule has 3 atom stereocenters. The number of phenolic OH excluding ortho intramolecular Hbond substituents is 1. The Labute approximate surface area is 270 Å². The second-order valence-corrected chi connectivity index (χ2v) is 13.7. The summed E-state index contributed by atoms with van der Waals surface area (Å²) in [5.74, 6) is -0.287.